The van der Waals surface area contributed by atoms with E-state index in [2.05, 4.69) is 40.8 Å². The molecule has 0 radical (unpaired) electrons. The van der Waals surface area contributed by atoms with Gasteiger partial charge in [0.05, 0.1) is 5.69 Å². The molecular weight excluding hydrogens is 480 g/mol. The summed E-state index contributed by atoms with van der Waals surface area (Å²) in [6, 6.07) is 12.6. The van der Waals surface area contributed by atoms with Gasteiger partial charge in [-0.3, -0.25) is 4.68 Å². The second-order valence-electron chi connectivity index (χ2n) is 11.5. The molecule has 3 fully saturated rings. The molecule has 1 aromatic carbocycles. The molecule has 37 heavy (non-hydrogen) atoms. The zero-order valence-electron chi connectivity index (χ0n) is 22.8. The molecule has 2 saturated carbocycles. The van der Waals surface area contributed by atoms with Crippen LogP contribution in [0.5, 0.6) is 0 Å². The Hall–Kier alpha value is -1.99. The number of carbonyl (C=O) groups excluding carboxylic acids is 1. The first-order chi connectivity index (χ1) is 18.0. The number of hydrogen-bond donors (Lipinski definition) is 0. The summed E-state index contributed by atoms with van der Waals surface area (Å²) in [6.45, 7) is 7.87. The number of amides is 1. The predicted octanol–water partition coefficient (Wildman–Crippen LogP) is 6.87. The van der Waals surface area contributed by atoms with E-state index >= 15 is 0 Å². The number of ether oxygens (including phenoxy) is 1. The molecule has 2 atom stereocenters. The van der Waals surface area contributed by atoms with Crippen molar-refractivity contribution in [3.8, 4) is 0 Å². The van der Waals surface area contributed by atoms with Crippen LogP contribution in [0.15, 0.2) is 41.4 Å². The minimum Gasteiger partial charge on any atom is -0.445 e. The smallest absolute Gasteiger partial charge is 0.410 e. The zero-order chi connectivity index (χ0) is 25.8. The molecule has 3 aliphatic rings. The summed E-state index contributed by atoms with van der Waals surface area (Å²) in [5.41, 5.74) is 2.31. The first kappa shape index (κ1) is 26.6. The summed E-state index contributed by atoms with van der Waals surface area (Å²) in [6.07, 6.45) is 9.31. The van der Waals surface area contributed by atoms with Crippen LogP contribution in [0.4, 0.5) is 4.79 Å². The third-order valence-corrected chi connectivity index (χ3v) is 9.62. The van der Waals surface area contributed by atoms with Crippen LogP contribution in [0.1, 0.15) is 82.4 Å². The fraction of sp³-hybridized carbons (Fsp3) is 0.667. The van der Waals surface area contributed by atoms with Crippen LogP contribution in [0.3, 0.4) is 0 Å². The van der Waals surface area contributed by atoms with E-state index < -0.39 is 0 Å². The van der Waals surface area contributed by atoms with Gasteiger partial charge in [-0.05, 0) is 79.9 Å². The zero-order valence-corrected chi connectivity index (χ0v) is 23.7. The molecule has 2 aromatic rings. The van der Waals surface area contributed by atoms with Crippen LogP contribution in [0.25, 0.3) is 0 Å². The Morgan fingerprint density at radius 2 is 1.78 bits per heavy atom. The normalized spacial score (nSPS) is 23.5. The van der Waals surface area contributed by atoms with Crippen LogP contribution >= 0.6 is 11.9 Å². The highest BCUT2D eigenvalue weighted by Gasteiger charge is 2.45. The van der Waals surface area contributed by atoms with Gasteiger partial charge in [0.15, 0.2) is 0 Å². The van der Waals surface area contributed by atoms with Gasteiger partial charge in [-0.15, -0.1) is 0 Å². The Balaban J connectivity index is 1.20. The molecule has 2 aliphatic carbocycles. The molecule has 0 N–H and O–H groups in total. The first-order valence-corrected chi connectivity index (χ1v) is 15.3. The maximum absolute atomic E-state index is 13.5. The average molecular weight is 525 g/mol. The van der Waals surface area contributed by atoms with Gasteiger partial charge in [-0.2, -0.15) is 5.10 Å². The van der Waals surface area contributed by atoms with Gasteiger partial charge in [-0.25, -0.2) is 9.10 Å². The lowest BCUT2D eigenvalue weighted by Crippen LogP contribution is -2.43. The van der Waals surface area contributed by atoms with Crippen molar-refractivity contribution in [2.75, 3.05) is 19.6 Å². The van der Waals surface area contributed by atoms with E-state index in [0.717, 1.165) is 50.9 Å². The van der Waals surface area contributed by atoms with E-state index in [0.29, 0.717) is 36.3 Å². The van der Waals surface area contributed by atoms with Crippen molar-refractivity contribution in [1.29, 1.82) is 0 Å². The van der Waals surface area contributed by atoms with Gasteiger partial charge >= 0.3 is 6.09 Å². The maximum Gasteiger partial charge on any atom is 0.410 e. The van der Waals surface area contributed by atoms with Crippen molar-refractivity contribution in [2.45, 2.75) is 88.8 Å². The average Bonchev–Trinajstić information content (AvgIpc) is 3.44. The highest BCUT2D eigenvalue weighted by molar-refractivity contribution is 7.97. The molecule has 1 aromatic heterocycles. The summed E-state index contributed by atoms with van der Waals surface area (Å²) < 4.78 is 10.5. The van der Waals surface area contributed by atoms with E-state index in [1.807, 2.05) is 42.3 Å². The summed E-state index contributed by atoms with van der Waals surface area (Å²) in [5.74, 6) is 2.54. The fourth-order valence-corrected chi connectivity index (χ4v) is 7.55. The van der Waals surface area contributed by atoms with Gasteiger partial charge in [0.1, 0.15) is 11.6 Å². The van der Waals surface area contributed by atoms with Crippen molar-refractivity contribution in [1.82, 2.24) is 19.0 Å². The lowest BCUT2D eigenvalue weighted by molar-refractivity contribution is 0.0702. The van der Waals surface area contributed by atoms with Gasteiger partial charge < -0.3 is 9.64 Å². The number of fused-ring (bicyclic) bond motifs is 1. The molecule has 7 heteroatoms. The van der Waals surface area contributed by atoms with Gasteiger partial charge in [0.2, 0.25) is 0 Å². The number of carbonyl (C=O) groups is 1. The summed E-state index contributed by atoms with van der Waals surface area (Å²) in [7, 11) is 2.07. The van der Waals surface area contributed by atoms with Crippen LogP contribution in [0, 0.1) is 17.8 Å². The van der Waals surface area contributed by atoms with Crippen molar-refractivity contribution >= 4 is 18.0 Å². The highest BCUT2D eigenvalue weighted by atomic mass is 32.2. The highest BCUT2D eigenvalue weighted by Crippen LogP contribution is 2.45. The van der Waals surface area contributed by atoms with Crippen LogP contribution < -0.4 is 0 Å². The fourth-order valence-electron chi connectivity index (χ4n) is 6.42. The Morgan fingerprint density at radius 3 is 2.41 bits per heavy atom. The van der Waals surface area contributed by atoms with E-state index in [1.54, 1.807) is 0 Å². The molecule has 5 rings (SSSR count). The number of benzene rings is 1. The maximum atomic E-state index is 13.5. The number of aryl methyl sites for hydroxylation is 1. The molecule has 0 spiro atoms. The first-order valence-electron chi connectivity index (χ1n) is 14.5. The molecule has 1 saturated heterocycles. The molecule has 1 amide bonds. The molecule has 6 nitrogen and oxygen atoms in total. The van der Waals surface area contributed by atoms with Gasteiger partial charge in [0, 0.05) is 38.6 Å². The number of aromatic nitrogens is 2. The van der Waals surface area contributed by atoms with Crippen molar-refractivity contribution in [2.24, 2.45) is 24.8 Å². The summed E-state index contributed by atoms with van der Waals surface area (Å²) >= 11 is 1.87. The molecule has 202 valence electrons. The number of hydrogen-bond acceptors (Lipinski definition) is 5. The van der Waals surface area contributed by atoms with E-state index in [-0.39, 0.29) is 6.09 Å². The Kier molecular flexibility index (Phi) is 8.81. The number of nitrogens with zero attached hydrogens (tertiary/aromatic N) is 4. The third-order valence-electron chi connectivity index (χ3n) is 8.50. The quantitative estimate of drug-likeness (QED) is 0.284. The van der Waals surface area contributed by atoms with Crippen molar-refractivity contribution < 1.29 is 9.53 Å². The molecule has 0 bridgehead atoms. The third kappa shape index (κ3) is 6.72. The topological polar surface area (TPSA) is 50.6 Å². The summed E-state index contributed by atoms with van der Waals surface area (Å²) in [5, 5.41) is 6.01. The van der Waals surface area contributed by atoms with Gasteiger partial charge in [-0.1, -0.05) is 57.0 Å². The molecule has 2 unspecified atom stereocenters. The lowest BCUT2D eigenvalue weighted by Gasteiger charge is -2.33. The second kappa shape index (κ2) is 12.2. The largest absolute Gasteiger partial charge is 0.445 e. The minimum absolute atomic E-state index is 0.125. The van der Waals surface area contributed by atoms with Crippen molar-refractivity contribution in [3.05, 3.63) is 47.7 Å². The minimum atomic E-state index is -0.125. The van der Waals surface area contributed by atoms with E-state index in [4.69, 9.17) is 9.84 Å². The van der Waals surface area contributed by atoms with Crippen LogP contribution in [-0.4, -0.2) is 50.8 Å². The lowest BCUT2D eigenvalue weighted by atomic mass is 9.97. The second-order valence-corrected chi connectivity index (χ2v) is 12.6. The van der Waals surface area contributed by atoms with E-state index in [1.165, 1.54) is 36.4 Å². The molecule has 1 aliphatic heterocycles. The molecule has 2 heterocycles. The Bertz CT molecular complexity index is 1000. The van der Waals surface area contributed by atoms with E-state index in [9.17, 15) is 4.79 Å². The SMILES string of the molecule is CCCC(CCC)CN(C(=O)OCc1ccccc1)C1CC2CN(Sc3cc(C4CC4)nn3C)CC2C1. The standard InChI is InChI=1S/C30H44N4O2S/c1-4-9-22(10-5-2)18-34(30(35)36-21-23-11-7-6-8-12-23)27-15-25-19-33(20-26(25)16-27)37-29-17-28(24-13-14-24)31-32(29)3/h6-8,11-12,17,22,24-27H,4-5,9-10,13-16,18-21H2,1-3H3. The van der Waals surface area contributed by atoms with Gasteiger partial charge in [0.25, 0.3) is 0 Å². The summed E-state index contributed by atoms with van der Waals surface area (Å²) in [4.78, 5) is 15.6. The van der Waals surface area contributed by atoms with Crippen molar-refractivity contribution in [3.63, 3.8) is 0 Å². The van der Waals surface area contributed by atoms with Crippen LogP contribution in [-0.2, 0) is 18.4 Å². The number of rotatable bonds is 12. The Morgan fingerprint density at radius 1 is 1.11 bits per heavy atom. The monoisotopic (exact) mass is 524 g/mol. The Labute approximate surface area is 227 Å². The predicted molar refractivity (Wildman–Crippen MR) is 149 cm³/mol. The van der Waals surface area contributed by atoms with Crippen LogP contribution in [0.2, 0.25) is 0 Å². The molecular formula is C30H44N4O2S.